The number of aliphatic hydroxyl groups excluding tert-OH is 6. The Morgan fingerprint density at radius 3 is 2.27 bits per heavy atom. The van der Waals surface area contributed by atoms with Gasteiger partial charge in [-0.1, -0.05) is 31.6 Å². The highest BCUT2D eigenvalue weighted by molar-refractivity contribution is 5.28. The molecule has 0 bridgehead atoms. The Hall–Kier alpha value is -0.880. The maximum Gasteiger partial charge on any atom is 0.187 e. The molecule has 1 saturated heterocycles. The number of rotatable bonds is 6. The third-order valence-corrected chi connectivity index (χ3v) is 6.74. The molecule has 2 aliphatic rings. The SMILES string of the molecule is CC(/C=C/[C@@]1(O)C(C)(C)[C@@H](O)CC[C@@]1(C)O[C@@H]1O[C@H](CO)[C@@H](O)[C@H](O)[C@H]1O)=C\CO. The van der Waals surface area contributed by atoms with Crippen LogP contribution in [0, 0.1) is 5.41 Å². The summed E-state index contributed by atoms with van der Waals surface area (Å²) in [5.74, 6) is 0. The van der Waals surface area contributed by atoms with Gasteiger partial charge in [-0.25, -0.2) is 0 Å². The highest BCUT2D eigenvalue weighted by Gasteiger charge is 2.63. The van der Waals surface area contributed by atoms with Crippen LogP contribution in [-0.2, 0) is 9.47 Å². The summed E-state index contributed by atoms with van der Waals surface area (Å²) in [5, 5.41) is 71.3. The summed E-state index contributed by atoms with van der Waals surface area (Å²) in [6.45, 7) is 6.00. The highest BCUT2D eigenvalue weighted by atomic mass is 16.7. The van der Waals surface area contributed by atoms with Crippen LogP contribution in [-0.4, -0.2) is 97.0 Å². The molecule has 7 N–H and O–H groups in total. The van der Waals surface area contributed by atoms with Crippen molar-refractivity contribution < 1.29 is 45.2 Å². The Labute approximate surface area is 176 Å². The van der Waals surface area contributed by atoms with Gasteiger partial charge < -0.3 is 45.2 Å². The second-order valence-electron chi connectivity index (χ2n) is 9.05. The lowest BCUT2D eigenvalue weighted by molar-refractivity contribution is -0.357. The summed E-state index contributed by atoms with van der Waals surface area (Å²) in [6.07, 6.45) is -2.97. The fourth-order valence-electron chi connectivity index (χ4n) is 4.32. The van der Waals surface area contributed by atoms with Gasteiger partial charge >= 0.3 is 0 Å². The van der Waals surface area contributed by atoms with E-state index in [1.165, 1.54) is 6.08 Å². The minimum absolute atomic E-state index is 0.167. The molecule has 1 aliphatic heterocycles. The molecule has 30 heavy (non-hydrogen) atoms. The first kappa shape index (κ1) is 25.4. The van der Waals surface area contributed by atoms with E-state index in [9.17, 15) is 30.6 Å². The van der Waals surface area contributed by atoms with Crippen LogP contribution in [0.15, 0.2) is 23.8 Å². The molecule has 0 unspecified atom stereocenters. The maximum absolute atomic E-state index is 11.8. The zero-order valence-corrected chi connectivity index (χ0v) is 18.0. The van der Waals surface area contributed by atoms with Crippen molar-refractivity contribution in [2.75, 3.05) is 13.2 Å². The molecule has 9 heteroatoms. The molecule has 2 rings (SSSR count). The van der Waals surface area contributed by atoms with Crippen molar-refractivity contribution in [1.82, 2.24) is 0 Å². The molecule has 1 aliphatic carbocycles. The van der Waals surface area contributed by atoms with Crippen molar-refractivity contribution in [3.05, 3.63) is 23.8 Å². The molecule has 1 saturated carbocycles. The van der Waals surface area contributed by atoms with Crippen LogP contribution in [0.1, 0.15) is 40.5 Å². The smallest absolute Gasteiger partial charge is 0.187 e. The van der Waals surface area contributed by atoms with E-state index in [4.69, 9.17) is 14.6 Å². The number of hydrogen-bond donors (Lipinski definition) is 7. The monoisotopic (exact) mass is 432 g/mol. The van der Waals surface area contributed by atoms with Gasteiger partial charge in [-0.05, 0) is 32.8 Å². The summed E-state index contributed by atoms with van der Waals surface area (Å²) in [5.41, 5.74) is -3.47. The predicted molar refractivity (Wildman–Crippen MR) is 107 cm³/mol. The fourth-order valence-corrected chi connectivity index (χ4v) is 4.32. The first-order valence-corrected chi connectivity index (χ1v) is 10.2. The molecule has 174 valence electrons. The van der Waals surface area contributed by atoms with Crippen LogP contribution in [0.3, 0.4) is 0 Å². The van der Waals surface area contributed by atoms with Crippen LogP contribution < -0.4 is 0 Å². The molecule has 2 fully saturated rings. The fraction of sp³-hybridized carbons (Fsp3) is 0.810. The minimum atomic E-state index is -1.74. The van der Waals surface area contributed by atoms with E-state index < -0.39 is 60.0 Å². The first-order chi connectivity index (χ1) is 13.8. The Morgan fingerprint density at radius 2 is 1.70 bits per heavy atom. The van der Waals surface area contributed by atoms with Crippen molar-refractivity contribution in [1.29, 1.82) is 0 Å². The number of hydrogen-bond acceptors (Lipinski definition) is 9. The molecule has 0 aromatic carbocycles. The van der Waals surface area contributed by atoms with E-state index in [1.807, 2.05) is 0 Å². The average Bonchev–Trinajstić information content (AvgIpc) is 2.69. The molecule has 0 amide bonds. The largest absolute Gasteiger partial charge is 0.394 e. The zero-order valence-electron chi connectivity index (χ0n) is 18.0. The van der Waals surface area contributed by atoms with E-state index in [0.29, 0.717) is 12.0 Å². The van der Waals surface area contributed by atoms with E-state index in [1.54, 1.807) is 39.8 Å². The van der Waals surface area contributed by atoms with Gasteiger partial charge in [-0.3, -0.25) is 0 Å². The van der Waals surface area contributed by atoms with Crippen LogP contribution in [0.4, 0.5) is 0 Å². The van der Waals surface area contributed by atoms with Gasteiger partial charge in [-0.15, -0.1) is 0 Å². The van der Waals surface area contributed by atoms with Crippen molar-refractivity contribution in [3.63, 3.8) is 0 Å². The summed E-state index contributed by atoms with van der Waals surface area (Å²) in [7, 11) is 0. The molecule has 1 heterocycles. The summed E-state index contributed by atoms with van der Waals surface area (Å²) in [6, 6.07) is 0. The number of aliphatic hydroxyl groups is 7. The molecule has 0 spiro atoms. The van der Waals surface area contributed by atoms with Gasteiger partial charge in [0.1, 0.15) is 35.6 Å². The second kappa shape index (κ2) is 9.32. The molecular formula is C21H36O9. The van der Waals surface area contributed by atoms with Crippen LogP contribution >= 0.6 is 0 Å². The predicted octanol–water partition coefficient (Wildman–Crippen LogP) is -1.03. The standard InChI is InChI=1S/C21H36O9/c1-12(7-10-22)5-9-21(28)19(2,3)14(24)6-8-20(21,4)30-18-17(27)16(26)15(25)13(11-23)29-18/h5,7,9,13-18,22-28H,6,8,10-11H2,1-4H3/b9-5+,12-7+/t13-,14+,15-,16+,17-,18+,20-,21-/m1/s1. The number of allylic oxidation sites excluding steroid dienone is 2. The van der Waals surface area contributed by atoms with Gasteiger partial charge in [-0.2, -0.15) is 0 Å². The summed E-state index contributed by atoms with van der Waals surface area (Å²) < 4.78 is 11.5. The highest BCUT2D eigenvalue weighted by Crippen LogP contribution is 2.52. The van der Waals surface area contributed by atoms with Crippen molar-refractivity contribution in [2.24, 2.45) is 5.41 Å². The van der Waals surface area contributed by atoms with Crippen LogP contribution in [0.25, 0.3) is 0 Å². The van der Waals surface area contributed by atoms with Gasteiger partial charge in [0.2, 0.25) is 0 Å². The van der Waals surface area contributed by atoms with Crippen LogP contribution in [0.5, 0.6) is 0 Å². The van der Waals surface area contributed by atoms with Gasteiger partial charge in [0, 0.05) is 5.41 Å². The van der Waals surface area contributed by atoms with Crippen molar-refractivity contribution in [3.8, 4) is 0 Å². The van der Waals surface area contributed by atoms with E-state index in [-0.39, 0.29) is 13.0 Å². The summed E-state index contributed by atoms with van der Waals surface area (Å²) >= 11 is 0. The van der Waals surface area contributed by atoms with Crippen LogP contribution in [0.2, 0.25) is 0 Å². The topological polar surface area (TPSA) is 160 Å². The quantitative estimate of drug-likeness (QED) is 0.260. The Balaban J connectivity index is 2.42. The Bertz CT molecular complexity index is 646. The Morgan fingerprint density at radius 1 is 1.07 bits per heavy atom. The minimum Gasteiger partial charge on any atom is -0.394 e. The molecule has 0 aromatic rings. The van der Waals surface area contributed by atoms with Gasteiger partial charge in [0.15, 0.2) is 6.29 Å². The van der Waals surface area contributed by atoms with Gasteiger partial charge in [0.25, 0.3) is 0 Å². The Kier molecular flexibility index (Phi) is 7.88. The molecule has 0 radical (unpaired) electrons. The summed E-state index contributed by atoms with van der Waals surface area (Å²) in [4.78, 5) is 0. The average molecular weight is 433 g/mol. The lowest BCUT2D eigenvalue weighted by atomic mass is 9.56. The van der Waals surface area contributed by atoms with Crippen molar-refractivity contribution >= 4 is 0 Å². The lowest BCUT2D eigenvalue weighted by Gasteiger charge is -2.58. The molecule has 0 aromatic heterocycles. The van der Waals surface area contributed by atoms with E-state index in [0.717, 1.165) is 0 Å². The molecule has 9 nitrogen and oxygen atoms in total. The van der Waals surface area contributed by atoms with Gasteiger partial charge in [0.05, 0.1) is 19.3 Å². The normalized spacial score (nSPS) is 45.1. The second-order valence-corrected chi connectivity index (χ2v) is 9.05. The third kappa shape index (κ3) is 4.36. The molecule has 8 atom stereocenters. The number of ether oxygens (including phenoxy) is 2. The maximum atomic E-state index is 11.8. The van der Waals surface area contributed by atoms with E-state index >= 15 is 0 Å². The third-order valence-electron chi connectivity index (χ3n) is 6.74. The zero-order chi connectivity index (χ0) is 22.9. The van der Waals surface area contributed by atoms with Crippen molar-refractivity contribution in [2.45, 2.75) is 88.5 Å². The van der Waals surface area contributed by atoms with E-state index in [2.05, 4.69) is 0 Å². The first-order valence-electron chi connectivity index (χ1n) is 10.2. The molecular weight excluding hydrogens is 396 g/mol. The lowest BCUT2D eigenvalue weighted by Crippen LogP contribution is -2.70.